The van der Waals surface area contributed by atoms with Crippen molar-refractivity contribution in [3.05, 3.63) is 69.0 Å². The average molecular weight is 418 g/mol. The minimum absolute atomic E-state index is 0.245. The average Bonchev–Trinajstić information content (AvgIpc) is 2.86. The van der Waals surface area contributed by atoms with Gasteiger partial charge in [-0.25, -0.2) is 0 Å². The summed E-state index contributed by atoms with van der Waals surface area (Å²) in [5, 5.41) is -0.245. The van der Waals surface area contributed by atoms with Crippen LogP contribution in [0.5, 0.6) is 5.75 Å². The molecule has 0 N–H and O–H groups in total. The maximum atomic E-state index is 12.6. The van der Waals surface area contributed by atoms with E-state index < -0.39 is 0 Å². The Morgan fingerprint density at radius 1 is 1.16 bits per heavy atom. The number of carbonyl (C=O) groups excluding carboxylic acids is 2. The fourth-order valence-electron chi connectivity index (χ4n) is 2.43. The second-order valence-corrected chi connectivity index (χ2v) is 7.22. The molecule has 3 rings (SSSR count). The zero-order valence-electron chi connectivity index (χ0n) is 13.6. The molecule has 6 heteroatoms. The molecule has 0 spiro atoms. The van der Waals surface area contributed by atoms with Gasteiger partial charge < -0.3 is 4.74 Å². The van der Waals surface area contributed by atoms with Crippen LogP contribution < -0.4 is 4.74 Å². The molecule has 2 aromatic carbocycles. The van der Waals surface area contributed by atoms with Crippen LogP contribution in [0.25, 0.3) is 6.08 Å². The SMILES string of the molecule is CCOc1ccc(/C=C2\SC(=O)N(Cc3ccccc3)C2=O)cc1Br. The Balaban J connectivity index is 1.79. The van der Waals surface area contributed by atoms with Crippen molar-refractivity contribution in [3.63, 3.8) is 0 Å². The molecule has 1 heterocycles. The summed E-state index contributed by atoms with van der Waals surface area (Å²) >= 11 is 4.43. The van der Waals surface area contributed by atoms with Gasteiger partial charge in [0.2, 0.25) is 0 Å². The second-order valence-electron chi connectivity index (χ2n) is 5.38. The van der Waals surface area contributed by atoms with Crippen LogP contribution >= 0.6 is 27.7 Å². The lowest BCUT2D eigenvalue weighted by Crippen LogP contribution is -2.27. The molecule has 0 radical (unpaired) electrons. The highest BCUT2D eigenvalue weighted by Crippen LogP contribution is 2.34. The number of hydrogen-bond donors (Lipinski definition) is 0. The molecule has 1 aliphatic heterocycles. The van der Waals surface area contributed by atoms with Gasteiger partial charge in [-0.3, -0.25) is 14.5 Å². The number of benzene rings is 2. The van der Waals surface area contributed by atoms with Gasteiger partial charge in [0.1, 0.15) is 5.75 Å². The summed E-state index contributed by atoms with van der Waals surface area (Å²) < 4.78 is 6.29. The van der Waals surface area contributed by atoms with E-state index in [4.69, 9.17) is 4.74 Å². The van der Waals surface area contributed by atoms with Crippen LogP contribution in [0.1, 0.15) is 18.1 Å². The Labute approximate surface area is 159 Å². The number of imide groups is 1. The maximum Gasteiger partial charge on any atom is 0.293 e. The topological polar surface area (TPSA) is 46.6 Å². The normalized spacial score (nSPS) is 15.9. The minimum Gasteiger partial charge on any atom is -0.493 e. The van der Waals surface area contributed by atoms with E-state index in [0.717, 1.165) is 33.1 Å². The van der Waals surface area contributed by atoms with Crippen molar-refractivity contribution in [1.29, 1.82) is 0 Å². The molecular formula is C19H16BrNO3S. The summed E-state index contributed by atoms with van der Waals surface area (Å²) in [7, 11) is 0. The van der Waals surface area contributed by atoms with E-state index in [-0.39, 0.29) is 17.7 Å². The van der Waals surface area contributed by atoms with Gasteiger partial charge in [-0.1, -0.05) is 36.4 Å². The molecule has 25 heavy (non-hydrogen) atoms. The first-order chi connectivity index (χ1) is 12.1. The molecule has 128 valence electrons. The number of halogens is 1. The van der Waals surface area contributed by atoms with Crippen molar-refractivity contribution >= 4 is 44.9 Å². The van der Waals surface area contributed by atoms with Gasteiger partial charge in [0.05, 0.1) is 22.5 Å². The quantitative estimate of drug-likeness (QED) is 0.635. The molecule has 0 aliphatic carbocycles. The summed E-state index contributed by atoms with van der Waals surface area (Å²) in [5.74, 6) is 0.487. The first-order valence-electron chi connectivity index (χ1n) is 7.80. The Kier molecular flexibility index (Phi) is 5.60. The van der Waals surface area contributed by atoms with Crippen molar-refractivity contribution in [2.75, 3.05) is 6.61 Å². The Morgan fingerprint density at radius 3 is 2.60 bits per heavy atom. The lowest BCUT2D eigenvalue weighted by atomic mass is 10.2. The Bertz CT molecular complexity index is 836. The molecule has 2 amide bonds. The largest absolute Gasteiger partial charge is 0.493 e. The molecule has 0 atom stereocenters. The van der Waals surface area contributed by atoms with Crippen LogP contribution in [0.2, 0.25) is 0 Å². The van der Waals surface area contributed by atoms with E-state index in [1.165, 1.54) is 4.90 Å². The van der Waals surface area contributed by atoms with Crippen molar-refractivity contribution in [2.24, 2.45) is 0 Å². The predicted molar refractivity (Wildman–Crippen MR) is 103 cm³/mol. The molecule has 1 saturated heterocycles. The van der Waals surface area contributed by atoms with E-state index in [9.17, 15) is 9.59 Å². The summed E-state index contributed by atoms with van der Waals surface area (Å²) in [6.07, 6.45) is 1.73. The van der Waals surface area contributed by atoms with Gasteiger partial charge in [0, 0.05) is 0 Å². The molecule has 1 fully saturated rings. The van der Waals surface area contributed by atoms with Crippen molar-refractivity contribution in [2.45, 2.75) is 13.5 Å². The lowest BCUT2D eigenvalue weighted by Gasteiger charge is -2.12. The van der Waals surface area contributed by atoms with Crippen LogP contribution in [-0.4, -0.2) is 22.7 Å². The zero-order valence-corrected chi connectivity index (χ0v) is 16.0. The number of thioether (sulfide) groups is 1. The van der Waals surface area contributed by atoms with Gasteiger partial charge in [-0.2, -0.15) is 0 Å². The molecule has 2 aromatic rings. The van der Waals surface area contributed by atoms with E-state index in [2.05, 4.69) is 15.9 Å². The van der Waals surface area contributed by atoms with Crippen LogP contribution in [0.3, 0.4) is 0 Å². The highest BCUT2D eigenvalue weighted by atomic mass is 79.9. The van der Waals surface area contributed by atoms with Gasteiger partial charge in [-0.05, 0) is 64.0 Å². The maximum absolute atomic E-state index is 12.6. The first kappa shape index (κ1) is 17.8. The van der Waals surface area contributed by atoms with E-state index in [0.29, 0.717) is 11.5 Å². The number of ether oxygens (including phenoxy) is 1. The van der Waals surface area contributed by atoms with E-state index >= 15 is 0 Å². The number of amides is 2. The summed E-state index contributed by atoms with van der Waals surface area (Å²) in [6, 6.07) is 15.1. The highest BCUT2D eigenvalue weighted by Gasteiger charge is 2.34. The van der Waals surface area contributed by atoms with E-state index in [1.807, 2.05) is 55.5 Å². The third kappa shape index (κ3) is 4.14. The summed E-state index contributed by atoms with van der Waals surface area (Å²) in [4.78, 5) is 26.5. The van der Waals surface area contributed by atoms with Crippen LogP contribution in [0.4, 0.5) is 4.79 Å². The predicted octanol–water partition coefficient (Wildman–Crippen LogP) is 5.08. The van der Waals surface area contributed by atoms with Gasteiger partial charge >= 0.3 is 0 Å². The first-order valence-corrected chi connectivity index (χ1v) is 9.41. The molecule has 0 unspecified atom stereocenters. The van der Waals surface area contributed by atoms with Crippen molar-refractivity contribution < 1.29 is 14.3 Å². The van der Waals surface area contributed by atoms with E-state index in [1.54, 1.807) is 6.08 Å². The summed E-state index contributed by atoms with van der Waals surface area (Å²) in [5.41, 5.74) is 1.76. The summed E-state index contributed by atoms with van der Waals surface area (Å²) in [6.45, 7) is 2.79. The Morgan fingerprint density at radius 2 is 1.92 bits per heavy atom. The number of nitrogens with zero attached hydrogens (tertiary/aromatic N) is 1. The molecular weight excluding hydrogens is 402 g/mol. The number of carbonyl (C=O) groups is 2. The smallest absolute Gasteiger partial charge is 0.293 e. The molecule has 1 aliphatic rings. The molecule has 0 bridgehead atoms. The van der Waals surface area contributed by atoms with Crippen LogP contribution in [0.15, 0.2) is 57.9 Å². The van der Waals surface area contributed by atoms with Crippen LogP contribution in [-0.2, 0) is 11.3 Å². The fraction of sp³-hybridized carbons (Fsp3) is 0.158. The van der Waals surface area contributed by atoms with Crippen LogP contribution in [0, 0.1) is 0 Å². The lowest BCUT2D eigenvalue weighted by molar-refractivity contribution is -0.123. The van der Waals surface area contributed by atoms with Gasteiger partial charge in [0.15, 0.2) is 0 Å². The third-order valence-corrected chi connectivity index (χ3v) is 5.14. The van der Waals surface area contributed by atoms with Crippen molar-refractivity contribution in [1.82, 2.24) is 4.90 Å². The van der Waals surface area contributed by atoms with Crippen molar-refractivity contribution in [3.8, 4) is 5.75 Å². The molecule has 0 aromatic heterocycles. The fourth-order valence-corrected chi connectivity index (χ4v) is 3.78. The highest BCUT2D eigenvalue weighted by molar-refractivity contribution is 9.10. The standard InChI is InChI=1S/C19H16BrNO3S/c1-2-24-16-9-8-14(10-15(16)20)11-17-18(22)21(19(23)25-17)12-13-6-4-3-5-7-13/h3-11H,2,12H2,1H3/b17-11-. The van der Waals surface area contributed by atoms with Gasteiger partial charge in [-0.15, -0.1) is 0 Å². The number of hydrogen-bond acceptors (Lipinski definition) is 4. The number of rotatable bonds is 5. The molecule has 0 saturated carbocycles. The van der Waals surface area contributed by atoms with Gasteiger partial charge in [0.25, 0.3) is 11.1 Å². The molecule has 4 nitrogen and oxygen atoms in total. The Hall–Kier alpha value is -2.05. The third-order valence-electron chi connectivity index (χ3n) is 3.61. The zero-order chi connectivity index (χ0) is 17.8. The second kappa shape index (κ2) is 7.89. The monoisotopic (exact) mass is 417 g/mol. The minimum atomic E-state index is -0.260.